The van der Waals surface area contributed by atoms with Crippen LogP contribution in [0.1, 0.15) is 51.5 Å². The monoisotopic (exact) mass is 536 g/mol. The van der Waals surface area contributed by atoms with Crippen LogP contribution in [0.25, 0.3) is 0 Å². The van der Waals surface area contributed by atoms with Gasteiger partial charge < -0.3 is 26.0 Å². The second kappa shape index (κ2) is 16.3. The van der Waals surface area contributed by atoms with Gasteiger partial charge in [-0.3, -0.25) is 24.4 Å². The van der Waals surface area contributed by atoms with Gasteiger partial charge in [0, 0.05) is 37.9 Å². The minimum absolute atomic E-state index is 0.147. The van der Waals surface area contributed by atoms with E-state index in [1.807, 2.05) is 24.3 Å². The van der Waals surface area contributed by atoms with E-state index in [1.165, 1.54) is 0 Å². The second-order valence-corrected chi connectivity index (χ2v) is 8.56. The first-order valence-corrected chi connectivity index (χ1v) is 12.2. The molecule has 11 nitrogen and oxygen atoms in total. The molecule has 0 aliphatic rings. The molecule has 0 aliphatic heterocycles. The smallest absolute Gasteiger partial charge is 0.335 e. The van der Waals surface area contributed by atoms with E-state index in [9.17, 15) is 24.3 Å². The maximum absolute atomic E-state index is 13.0. The molecule has 1 unspecified atom stereocenters. The lowest BCUT2D eigenvalue weighted by molar-refractivity contribution is -0.143. The third kappa shape index (κ3) is 11.5. The molecule has 0 radical (unpaired) electrons. The molecule has 1 atom stereocenters. The fourth-order valence-electron chi connectivity index (χ4n) is 3.57. The second-order valence-electron chi connectivity index (χ2n) is 8.56. The summed E-state index contributed by atoms with van der Waals surface area (Å²) in [6.07, 6.45) is 7.80. The summed E-state index contributed by atoms with van der Waals surface area (Å²) >= 11 is 0. The molecule has 0 fully saturated rings. The number of benzene rings is 1. The normalized spacial score (nSPS) is 11.0. The van der Waals surface area contributed by atoms with Gasteiger partial charge in [-0.1, -0.05) is 12.1 Å². The lowest BCUT2D eigenvalue weighted by Gasteiger charge is -2.20. The fourth-order valence-corrected chi connectivity index (χ4v) is 3.57. The first-order chi connectivity index (χ1) is 18.7. The number of aromatic carboxylic acids is 1. The van der Waals surface area contributed by atoms with Gasteiger partial charge in [-0.25, -0.2) is 4.79 Å². The van der Waals surface area contributed by atoms with Crippen LogP contribution < -0.4 is 10.6 Å². The van der Waals surface area contributed by atoms with E-state index in [0.717, 1.165) is 23.1 Å². The zero-order valence-electron chi connectivity index (χ0n) is 21.5. The van der Waals surface area contributed by atoms with Crippen molar-refractivity contribution in [3.63, 3.8) is 0 Å². The Kier molecular flexibility index (Phi) is 12.7. The molecule has 1 aromatic carbocycles. The highest BCUT2D eigenvalue weighted by Crippen LogP contribution is 2.18. The summed E-state index contributed by atoms with van der Waals surface area (Å²) in [4.78, 5) is 51.6. The molecule has 0 aliphatic carbocycles. The number of aryl methyl sites for hydroxylation is 1. The predicted molar refractivity (Wildman–Crippen MR) is 142 cm³/mol. The van der Waals surface area contributed by atoms with Crippen molar-refractivity contribution in [2.45, 2.75) is 38.6 Å². The highest BCUT2D eigenvalue weighted by Gasteiger charge is 2.21. The van der Waals surface area contributed by atoms with Crippen molar-refractivity contribution in [1.29, 1.82) is 0 Å². The number of carboxylic acids is 3. The molecule has 3 rings (SSSR count). The van der Waals surface area contributed by atoms with E-state index < -0.39 is 23.9 Å². The first kappa shape index (κ1) is 30.6. The van der Waals surface area contributed by atoms with Crippen molar-refractivity contribution in [3.8, 4) is 0 Å². The summed E-state index contributed by atoms with van der Waals surface area (Å²) in [5.41, 5.74) is 3.81. The van der Waals surface area contributed by atoms with Gasteiger partial charge in [0.05, 0.1) is 18.4 Å². The third-order valence-corrected chi connectivity index (χ3v) is 5.60. The molecule has 1 amide bonds. The molecule has 39 heavy (non-hydrogen) atoms. The average Bonchev–Trinajstić information content (AvgIpc) is 2.91. The fraction of sp³-hybridized carbons (Fsp3) is 0.286. The van der Waals surface area contributed by atoms with Crippen LogP contribution >= 0.6 is 0 Å². The zero-order chi connectivity index (χ0) is 28.6. The van der Waals surface area contributed by atoms with E-state index in [1.54, 1.807) is 49.9 Å². The quantitative estimate of drug-likeness (QED) is 0.218. The van der Waals surface area contributed by atoms with E-state index in [0.29, 0.717) is 25.1 Å². The van der Waals surface area contributed by atoms with Crippen molar-refractivity contribution < 1.29 is 34.5 Å². The Balaban J connectivity index is 0.000000580. The minimum atomic E-state index is -1.08. The van der Waals surface area contributed by atoms with Crippen LogP contribution in [0.15, 0.2) is 67.3 Å². The average molecular weight is 537 g/mol. The number of nitrogens with zero attached hydrogens (tertiary/aromatic N) is 2. The van der Waals surface area contributed by atoms with Gasteiger partial charge in [0.15, 0.2) is 0 Å². The molecule has 0 bridgehead atoms. The highest BCUT2D eigenvalue weighted by atomic mass is 16.4. The summed E-state index contributed by atoms with van der Waals surface area (Å²) in [5.74, 6) is -3.28. The van der Waals surface area contributed by atoms with Gasteiger partial charge in [-0.15, -0.1) is 0 Å². The largest absolute Gasteiger partial charge is 0.481 e. The Morgan fingerprint density at radius 3 is 1.74 bits per heavy atom. The van der Waals surface area contributed by atoms with Crippen molar-refractivity contribution in [3.05, 3.63) is 95.1 Å². The van der Waals surface area contributed by atoms with E-state index in [2.05, 4.69) is 20.6 Å². The predicted octanol–water partition coefficient (Wildman–Crippen LogP) is 2.65. The van der Waals surface area contributed by atoms with E-state index >= 15 is 0 Å². The van der Waals surface area contributed by atoms with Crippen molar-refractivity contribution >= 4 is 23.8 Å². The lowest BCUT2D eigenvalue weighted by atomic mass is 9.99. The molecule has 2 heterocycles. The van der Waals surface area contributed by atoms with Crippen LogP contribution in [-0.4, -0.2) is 62.2 Å². The van der Waals surface area contributed by atoms with Crippen molar-refractivity contribution in [1.82, 2.24) is 20.6 Å². The van der Waals surface area contributed by atoms with Gasteiger partial charge in [0.1, 0.15) is 6.04 Å². The van der Waals surface area contributed by atoms with Crippen LogP contribution in [0.2, 0.25) is 0 Å². The van der Waals surface area contributed by atoms with Crippen LogP contribution in [0, 0.1) is 6.92 Å². The Bertz CT molecular complexity index is 1220. The maximum atomic E-state index is 13.0. The number of nitrogens with one attached hydrogen (secondary N) is 2. The van der Waals surface area contributed by atoms with Gasteiger partial charge in [-0.2, -0.15) is 0 Å². The number of carboxylic acid groups (broad SMARTS) is 3. The van der Waals surface area contributed by atoms with Crippen LogP contribution in [0.5, 0.6) is 0 Å². The summed E-state index contributed by atoms with van der Waals surface area (Å²) in [7, 11) is 0. The molecule has 11 heteroatoms. The van der Waals surface area contributed by atoms with E-state index in [-0.39, 0.29) is 24.3 Å². The maximum Gasteiger partial charge on any atom is 0.335 e. The molecule has 206 valence electrons. The summed E-state index contributed by atoms with van der Waals surface area (Å²) in [6, 6.07) is 12.2. The molecule has 0 saturated carbocycles. The van der Waals surface area contributed by atoms with Gasteiger partial charge in [0.2, 0.25) is 5.91 Å². The topological polar surface area (TPSA) is 179 Å². The van der Waals surface area contributed by atoms with E-state index in [4.69, 9.17) is 10.2 Å². The van der Waals surface area contributed by atoms with Crippen LogP contribution in [0.3, 0.4) is 0 Å². The van der Waals surface area contributed by atoms with Gasteiger partial charge in [0.25, 0.3) is 0 Å². The molecular weight excluding hydrogens is 504 g/mol. The molecule has 2 aromatic heterocycles. The number of carbonyl (C=O) groups excluding carboxylic acids is 1. The summed E-state index contributed by atoms with van der Waals surface area (Å²) in [6.45, 7) is 2.83. The Hall–Kier alpha value is -4.64. The SMILES string of the molecule is Cc1cc(C(NCCc2ccncc2)C(=O)NCCc2ccncc2)ccc1C(=O)O.O=C(O)CCC(=O)O. The lowest BCUT2D eigenvalue weighted by Crippen LogP contribution is -2.39. The standard InChI is InChI=1S/C24H26N4O3.C4H6O4/c1-17-16-20(2-3-21(17)24(30)31)22(27-14-8-18-4-10-25-11-5-18)23(29)28-15-9-19-6-12-26-13-7-19;5-3(6)1-2-4(7)8/h2-7,10-13,16,22,27H,8-9,14-15H2,1H3,(H,28,29)(H,30,31);1-2H2,(H,5,6)(H,7,8). The number of carbonyl (C=O) groups is 4. The number of aliphatic carboxylic acids is 2. The van der Waals surface area contributed by atoms with Crippen molar-refractivity contribution in [2.24, 2.45) is 0 Å². The van der Waals surface area contributed by atoms with Gasteiger partial charge >= 0.3 is 17.9 Å². The molecule has 0 spiro atoms. The zero-order valence-corrected chi connectivity index (χ0v) is 21.5. The number of hydrogen-bond acceptors (Lipinski definition) is 7. The number of hydrogen-bond donors (Lipinski definition) is 5. The molecule has 0 saturated heterocycles. The number of pyridine rings is 2. The van der Waals surface area contributed by atoms with Gasteiger partial charge in [-0.05, 0) is 72.4 Å². The first-order valence-electron chi connectivity index (χ1n) is 12.2. The number of aromatic nitrogens is 2. The Morgan fingerprint density at radius 2 is 1.28 bits per heavy atom. The number of rotatable bonds is 13. The Labute approximate surface area is 225 Å². The number of amides is 1. The third-order valence-electron chi connectivity index (χ3n) is 5.60. The summed E-state index contributed by atoms with van der Waals surface area (Å²) < 4.78 is 0. The molecule has 3 aromatic rings. The highest BCUT2D eigenvalue weighted by molar-refractivity contribution is 5.90. The Morgan fingerprint density at radius 1 is 0.769 bits per heavy atom. The van der Waals surface area contributed by atoms with Crippen LogP contribution in [0.4, 0.5) is 0 Å². The molecule has 5 N–H and O–H groups in total. The summed E-state index contributed by atoms with van der Waals surface area (Å²) in [5, 5.41) is 31.4. The molecular formula is C28H32N4O7. The minimum Gasteiger partial charge on any atom is -0.481 e. The van der Waals surface area contributed by atoms with Crippen molar-refractivity contribution in [2.75, 3.05) is 13.1 Å². The van der Waals surface area contributed by atoms with Crippen LogP contribution in [-0.2, 0) is 27.2 Å².